The molecule has 0 radical (unpaired) electrons. The van der Waals surface area contributed by atoms with Crippen LogP contribution in [0.2, 0.25) is 0 Å². The largest absolute Gasteiger partial charge is 0.359 e. The van der Waals surface area contributed by atoms with Gasteiger partial charge in [-0.2, -0.15) is 0 Å². The molecule has 1 heterocycles. The van der Waals surface area contributed by atoms with Gasteiger partial charge in [-0.05, 0) is 30.4 Å². The van der Waals surface area contributed by atoms with Gasteiger partial charge in [0.25, 0.3) is 0 Å². The fourth-order valence-corrected chi connectivity index (χ4v) is 2.94. The zero-order chi connectivity index (χ0) is 16.9. The van der Waals surface area contributed by atoms with Gasteiger partial charge in [0, 0.05) is 25.1 Å². The van der Waals surface area contributed by atoms with Crippen LogP contribution >= 0.6 is 24.0 Å². The zero-order valence-corrected chi connectivity index (χ0v) is 17.4. The minimum atomic E-state index is 0. The summed E-state index contributed by atoms with van der Waals surface area (Å²) in [4.78, 5) is 4.60. The number of nitrogens with one attached hydrogen (secondary N) is 2. The Hall–Kier alpha value is -1.57. The normalized spacial score (nSPS) is 16.0. The Balaban J connectivity index is 0.00000225. The highest BCUT2D eigenvalue weighted by molar-refractivity contribution is 14.0. The Morgan fingerprint density at radius 1 is 1.32 bits per heavy atom. The number of halogens is 1. The van der Waals surface area contributed by atoms with E-state index in [0.29, 0.717) is 18.4 Å². The second-order valence-electron chi connectivity index (χ2n) is 6.55. The monoisotopic (exact) mass is 454 g/mol. The first-order valence-corrected chi connectivity index (χ1v) is 8.72. The molecule has 1 aliphatic rings. The summed E-state index contributed by atoms with van der Waals surface area (Å²) in [6.45, 7) is 8.51. The summed E-state index contributed by atoms with van der Waals surface area (Å²) in [5.41, 5.74) is 3.90. The quantitative estimate of drug-likeness (QED) is 0.396. The van der Waals surface area contributed by atoms with Gasteiger partial charge in [0.1, 0.15) is 6.54 Å². The SMILES string of the molecule is CCNC(=NCc1cc(C(C)C)no1)NCC1Cc2ccccc21.I. The van der Waals surface area contributed by atoms with Gasteiger partial charge in [0.2, 0.25) is 0 Å². The molecule has 3 rings (SSSR count). The van der Waals surface area contributed by atoms with E-state index < -0.39 is 0 Å². The lowest BCUT2D eigenvalue weighted by atomic mass is 9.78. The van der Waals surface area contributed by atoms with Crippen molar-refractivity contribution in [3.63, 3.8) is 0 Å². The number of fused-ring (bicyclic) bond motifs is 1. The maximum atomic E-state index is 5.35. The molecule has 0 bridgehead atoms. The van der Waals surface area contributed by atoms with Crippen molar-refractivity contribution in [1.82, 2.24) is 15.8 Å². The molecule has 25 heavy (non-hydrogen) atoms. The smallest absolute Gasteiger partial charge is 0.191 e. The molecule has 5 nitrogen and oxygen atoms in total. The molecule has 1 aliphatic carbocycles. The fraction of sp³-hybridized carbons (Fsp3) is 0.474. The summed E-state index contributed by atoms with van der Waals surface area (Å²) >= 11 is 0. The Bertz CT molecular complexity index is 711. The minimum Gasteiger partial charge on any atom is -0.359 e. The van der Waals surface area contributed by atoms with Gasteiger partial charge < -0.3 is 15.2 Å². The second-order valence-corrected chi connectivity index (χ2v) is 6.55. The van der Waals surface area contributed by atoms with Crippen LogP contribution in [0.15, 0.2) is 39.8 Å². The number of hydrogen-bond donors (Lipinski definition) is 2. The van der Waals surface area contributed by atoms with Crippen molar-refractivity contribution in [2.24, 2.45) is 4.99 Å². The molecular formula is C19H27IN4O. The third kappa shape index (κ3) is 4.96. The molecule has 1 aromatic heterocycles. The third-order valence-corrected chi connectivity index (χ3v) is 4.38. The van der Waals surface area contributed by atoms with E-state index in [1.807, 2.05) is 6.07 Å². The maximum absolute atomic E-state index is 5.35. The van der Waals surface area contributed by atoms with E-state index in [0.717, 1.165) is 36.9 Å². The first-order valence-electron chi connectivity index (χ1n) is 8.72. The molecule has 0 spiro atoms. The molecule has 6 heteroatoms. The highest BCUT2D eigenvalue weighted by atomic mass is 127. The van der Waals surface area contributed by atoms with Crippen LogP contribution in [0, 0.1) is 0 Å². The van der Waals surface area contributed by atoms with Crippen molar-refractivity contribution in [3.8, 4) is 0 Å². The molecule has 0 saturated heterocycles. The minimum absolute atomic E-state index is 0. The molecule has 2 N–H and O–H groups in total. The highest BCUT2D eigenvalue weighted by Crippen LogP contribution is 2.33. The van der Waals surface area contributed by atoms with E-state index in [4.69, 9.17) is 4.52 Å². The molecular weight excluding hydrogens is 427 g/mol. The highest BCUT2D eigenvalue weighted by Gasteiger charge is 2.25. The van der Waals surface area contributed by atoms with E-state index in [1.54, 1.807) is 0 Å². The number of aliphatic imine (C=N–C) groups is 1. The zero-order valence-electron chi connectivity index (χ0n) is 15.1. The van der Waals surface area contributed by atoms with Gasteiger partial charge in [0.05, 0.1) is 5.69 Å². The molecule has 136 valence electrons. The molecule has 0 fully saturated rings. The number of rotatable bonds is 6. The average Bonchev–Trinajstić information content (AvgIpc) is 3.02. The molecule has 1 unspecified atom stereocenters. The van der Waals surface area contributed by atoms with Gasteiger partial charge in [-0.15, -0.1) is 24.0 Å². The van der Waals surface area contributed by atoms with E-state index in [9.17, 15) is 0 Å². The van der Waals surface area contributed by atoms with Crippen LogP contribution in [0.25, 0.3) is 0 Å². The number of nitrogens with zero attached hydrogens (tertiary/aromatic N) is 2. The van der Waals surface area contributed by atoms with Crippen LogP contribution in [0.1, 0.15) is 55.2 Å². The standard InChI is InChI=1S/C19H26N4O.HI/c1-4-20-19(22-12-16-10-18(13(2)3)23-24-16)21-11-15-9-14-7-5-6-8-17(14)15;/h5-8,10,13,15H,4,9,11-12H2,1-3H3,(H2,20,21,22);1H. The maximum Gasteiger partial charge on any atom is 0.191 e. The Kier molecular flexibility index (Phi) is 7.28. The molecule has 2 aromatic rings. The molecule has 0 amide bonds. The van der Waals surface area contributed by atoms with Crippen molar-refractivity contribution >= 4 is 29.9 Å². The van der Waals surface area contributed by atoms with Crippen LogP contribution in [-0.4, -0.2) is 24.2 Å². The second kappa shape index (κ2) is 9.22. The predicted octanol–water partition coefficient (Wildman–Crippen LogP) is 3.81. The summed E-state index contributed by atoms with van der Waals surface area (Å²) in [6.07, 6.45) is 1.14. The summed E-state index contributed by atoms with van der Waals surface area (Å²) in [5.74, 6) is 2.56. The van der Waals surface area contributed by atoms with Crippen molar-refractivity contribution in [3.05, 3.63) is 52.9 Å². The number of hydrogen-bond acceptors (Lipinski definition) is 3. The first-order chi connectivity index (χ1) is 11.7. The van der Waals surface area contributed by atoms with Crippen molar-refractivity contribution in [1.29, 1.82) is 0 Å². The first kappa shape index (κ1) is 19.8. The van der Waals surface area contributed by atoms with Gasteiger partial charge in [-0.3, -0.25) is 0 Å². The topological polar surface area (TPSA) is 62.5 Å². The fourth-order valence-electron chi connectivity index (χ4n) is 2.94. The predicted molar refractivity (Wildman–Crippen MR) is 112 cm³/mol. The Morgan fingerprint density at radius 2 is 2.12 bits per heavy atom. The lowest BCUT2D eigenvalue weighted by molar-refractivity contribution is 0.376. The van der Waals surface area contributed by atoms with E-state index in [1.165, 1.54) is 11.1 Å². The van der Waals surface area contributed by atoms with Gasteiger partial charge in [-0.25, -0.2) is 4.99 Å². The van der Waals surface area contributed by atoms with Crippen molar-refractivity contribution in [2.45, 2.75) is 45.6 Å². The van der Waals surface area contributed by atoms with Crippen molar-refractivity contribution in [2.75, 3.05) is 13.1 Å². The number of benzene rings is 1. The molecule has 1 aromatic carbocycles. The van der Waals surface area contributed by atoms with Gasteiger partial charge in [-0.1, -0.05) is 43.3 Å². The summed E-state index contributed by atoms with van der Waals surface area (Å²) in [5, 5.41) is 10.8. The lowest BCUT2D eigenvalue weighted by Gasteiger charge is -2.30. The van der Waals surface area contributed by atoms with E-state index >= 15 is 0 Å². The van der Waals surface area contributed by atoms with E-state index in [2.05, 4.69) is 65.8 Å². The third-order valence-electron chi connectivity index (χ3n) is 4.38. The van der Waals surface area contributed by atoms with Gasteiger partial charge >= 0.3 is 0 Å². The van der Waals surface area contributed by atoms with Crippen LogP contribution in [0.3, 0.4) is 0 Å². The summed E-state index contributed by atoms with van der Waals surface area (Å²) < 4.78 is 5.35. The number of aromatic nitrogens is 1. The molecule has 0 aliphatic heterocycles. The van der Waals surface area contributed by atoms with E-state index in [-0.39, 0.29) is 24.0 Å². The summed E-state index contributed by atoms with van der Waals surface area (Å²) in [7, 11) is 0. The Labute approximate surface area is 166 Å². The molecule has 1 atom stereocenters. The number of guanidine groups is 1. The van der Waals surface area contributed by atoms with Crippen LogP contribution < -0.4 is 10.6 Å². The average molecular weight is 454 g/mol. The Morgan fingerprint density at radius 3 is 2.80 bits per heavy atom. The lowest BCUT2D eigenvalue weighted by Crippen LogP contribution is -2.41. The van der Waals surface area contributed by atoms with Crippen LogP contribution in [-0.2, 0) is 13.0 Å². The van der Waals surface area contributed by atoms with Crippen molar-refractivity contribution < 1.29 is 4.52 Å². The van der Waals surface area contributed by atoms with Gasteiger partial charge in [0.15, 0.2) is 11.7 Å². The molecule has 0 saturated carbocycles. The summed E-state index contributed by atoms with van der Waals surface area (Å²) in [6, 6.07) is 10.6. The van der Waals surface area contributed by atoms with Crippen LogP contribution in [0.4, 0.5) is 0 Å². The van der Waals surface area contributed by atoms with Crippen LogP contribution in [0.5, 0.6) is 0 Å².